The summed E-state index contributed by atoms with van der Waals surface area (Å²) in [5.41, 5.74) is 0. The number of methoxy groups -OCH3 is 2. The van der Waals surface area contributed by atoms with Crippen molar-refractivity contribution in [2.45, 2.75) is 19.3 Å². The summed E-state index contributed by atoms with van der Waals surface area (Å²) in [6.07, 6.45) is 3.21. The van der Waals surface area contributed by atoms with Crippen LogP contribution in [0.5, 0.6) is 11.8 Å². The summed E-state index contributed by atoms with van der Waals surface area (Å²) in [6, 6.07) is 1.66. The van der Waals surface area contributed by atoms with Crippen LogP contribution in [0.2, 0.25) is 0 Å². The van der Waals surface area contributed by atoms with Gasteiger partial charge in [-0.05, 0) is 12.8 Å². The van der Waals surface area contributed by atoms with Gasteiger partial charge in [-0.2, -0.15) is 9.97 Å². The number of alkyl halides is 1. The predicted octanol–water partition coefficient (Wildman–Crippen LogP) is 2.34. The molecular weight excluding hydrogens is 254 g/mol. The fourth-order valence-electron chi connectivity index (χ4n) is 1.49. The molecule has 0 amide bonds. The van der Waals surface area contributed by atoms with Crippen LogP contribution in [0.3, 0.4) is 0 Å². The molecular formula is C12H20ClN3O2. The Kier molecular flexibility index (Phi) is 6.57. The van der Waals surface area contributed by atoms with E-state index < -0.39 is 0 Å². The zero-order valence-corrected chi connectivity index (χ0v) is 11.9. The molecule has 0 unspecified atom stereocenters. The first-order valence-electron chi connectivity index (χ1n) is 5.95. The lowest BCUT2D eigenvalue weighted by atomic mass is 10.2. The summed E-state index contributed by atoms with van der Waals surface area (Å²) in [5.74, 6) is 2.33. The van der Waals surface area contributed by atoms with Crippen LogP contribution in [0.15, 0.2) is 6.07 Å². The van der Waals surface area contributed by atoms with Crippen molar-refractivity contribution in [2.75, 3.05) is 38.6 Å². The number of anilines is 1. The van der Waals surface area contributed by atoms with Crippen molar-refractivity contribution in [3.63, 3.8) is 0 Å². The molecule has 18 heavy (non-hydrogen) atoms. The molecule has 0 atom stereocenters. The van der Waals surface area contributed by atoms with Gasteiger partial charge < -0.3 is 14.4 Å². The highest BCUT2D eigenvalue weighted by Crippen LogP contribution is 2.19. The van der Waals surface area contributed by atoms with Gasteiger partial charge in [-0.3, -0.25) is 0 Å². The number of hydrogen-bond acceptors (Lipinski definition) is 5. The van der Waals surface area contributed by atoms with E-state index in [1.165, 1.54) is 0 Å². The lowest BCUT2D eigenvalue weighted by Crippen LogP contribution is -2.21. The van der Waals surface area contributed by atoms with Gasteiger partial charge >= 0.3 is 0 Å². The number of halogens is 1. The Hall–Kier alpha value is -1.23. The van der Waals surface area contributed by atoms with Crippen LogP contribution in [0.1, 0.15) is 19.3 Å². The highest BCUT2D eigenvalue weighted by Gasteiger charge is 2.09. The van der Waals surface area contributed by atoms with Crippen molar-refractivity contribution in [3.8, 4) is 11.8 Å². The maximum Gasteiger partial charge on any atom is 0.231 e. The molecule has 1 heterocycles. The molecule has 5 nitrogen and oxygen atoms in total. The molecule has 0 spiro atoms. The zero-order chi connectivity index (χ0) is 13.4. The molecule has 0 aliphatic rings. The average Bonchev–Trinajstić information content (AvgIpc) is 2.42. The molecule has 6 heteroatoms. The molecule has 0 bridgehead atoms. The van der Waals surface area contributed by atoms with E-state index in [0.717, 1.165) is 25.8 Å². The van der Waals surface area contributed by atoms with E-state index >= 15 is 0 Å². The molecule has 1 rings (SSSR count). The average molecular weight is 274 g/mol. The quantitative estimate of drug-likeness (QED) is 0.537. The first-order valence-corrected chi connectivity index (χ1v) is 6.49. The van der Waals surface area contributed by atoms with Gasteiger partial charge in [-0.1, -0.05) is 6.42 Å². The monoisotopic (exact) mass is 273 g/mol. The van der Waals surface area contributed by atoms with Crippen molar-refractivity contribution >= 4 is 17.5 Å². The van der Waals surface area contributed by atoms with Crippen LogP contribution in [0.25, 0.3) is 0 Å². The van der Waals surface area contributed by atoms with Gasteiger partial charge in [0.15, 0.2) is 0 Å². The Morgan fingerprint density at radius 1 is 1.11 bits per heavy atom. The zero-order valence-electron chi connectivity index (χ0n) is 11.1. The van der Waals surface area contributed by atoms with E-state index in [1.807, 2.05) is 11.9 Å². The number of ether oxygens (including phenoxy) is 2. The first-order chi connectivity index (χ1) is 8.71. The molecule has 0 aliphatic carbocycles. The summed E-state index contributed by atoms with van der Waals surface area (Å²) in [7, 11) is 5.10. The molecule has 1 aromatic heterocycles. The summed E-state index contributed by atoms with van der Waals surface area (Å²) < 4.78 is 10.2. The number of nitrogens with zero attached hydrogens (tertiary/aromatic N) is 3. The normalized spacial score (nSPS) is 10.2. The van der Waals surface area contributed by atoms with Crippen LogP contribution in [-0.4, -0.2) is 43.7 Å². The van der Waals surface area contributed by atoms with E-state index in [0.29, 0.717) is 23.6 Å². The minimum atomic E-state index is 0.504. The Labute approximate surface area is 113 Å². The molecule has 0 fully saturated rings. The number of hydrogen-bond donors (Lipinski definition) is 0. The molecule has 0 aromatic carbocycles. The van der Waals surface area contributed by atoms with Crippen molar-refractivity contribution < 1.29 is 9.47 Å². The van der Waals surface area contributed by atoms with Gasteiger partial charge in [0.05, 0.1) is 20.3 Å². The number of rotatable bonds is 8. The fourth-order valence-corrected chi connectivity index (χ4v) is 1.68. The second-order valence-corrected chi connectivity index (χ2v) is 4.30. The van der Waals surface area contributed by atoms with Gasteiger partial charge in [0.25, 0.3) is 0 Å². The fraction of sp³-hybridized carbons (Fsp3) is 0.667. The summed E-state index contributed by atoms with van der Waals surface area (Å²) in [5, 5.41) is 0. The molecule has 0 N–H and O–H groups in total. The van der Waals surface area contributed by atoms with Crippen molar-refractivity contribution in [3.05, 3.63) is 6.07 Å². The van der Waals surface area contributed by atoms with Crippen LogP contribution < -0.4 is 14.4 Å². The molecule has 0 saturated heterocycles. The number of unbranched alkanes of at least 4 members (excludes halogenated alkanes) is 2. The Morgan fingerprint density at radius 2 is 1.72 bits per heavy atom. The largest absolute Gasteiger partial charge is 0.481 e. The van der Waals surface area contributed by atoms with E-state index in [1.54, 1.807) is 20.3 Å². The van der Waals surface area contributed by atoms with E-state index in [-0.39, 0.29) is 0 Å². The third kappa shape index (κ3) is 4.56. The summed E-state index contributed by atoms with van der Waals surface area (Å²) in [6.45, 7) is 0.882. The van der Waals surface area contributed by atoms with Gasteiger partial charge in [0, 0.05) is 19.5 Å². The topological polar surface area (TPSA) is 47.5 Å². The van der Waals surface area contributed by atoms with E-state index in [4.69, 9.17) is 21.1 Å². The highest BCUT2D eigenvalue weighted by atomic mass is 35.5. The minimum Gasteiger partial charge on any atom is -0.481 e. The highest BCUT2D eigenvalue weighted by molar-refractivity contribution is 6.17. The van der Waals surface area contributed by atoms with Gasteiger partial charge in [-0.15, -0.1) is 11.6 Å². The van der Waals surface area contributed by atoms with Crippen molar-refractivity contribution in [1.29, 1.82) is 0 Å². The number of aromatic nitrogens is 2. The van der Waals surface area contributed by atoms with Gasteiger partial charge in [0.1, 0.15) is 0 Å². The molecule has 1 aromatic rings. The third-order valence-electron chi connectivity index (χ3n) is 2.55. The Balaban J connectivity index is 2.63. The molecule has 0 saturated carbocycles. The van der Waals surface area contributed by atoms with Gasteiger partial charge in [0.2, 0.25) is 17.7 Å². The second kappa shape index (κ2) is 7.97. The molecule has 102 valence electrons. The van der Waals surface area contributed by atoms with Crippen LogP contribution in [-0.2, 0) is 0 Å². The lowest BCUT2D eigenvalue weighted by Gasteiger charge is -2.17. The smallest absolute Gasteiger partial charge is 0.231 e. The maximum atomic E-state index is 5.64. The first kappa shape index (κ1) is 14.8. The van der Waals surface area contributed by atoms with Gasteiger partial charge in [-0.25, -0.2) is 0 Å². The second-order valence-electron chi connectivity index (χ2n) is 3.92. The van der Waals surface area contributed by atoms with Crippen LogP contribution in [0, 0.1) is 0 Å². The predicted molar refractivity (Wildman–Crippen MR) is 73.0 cm³/mol. The summed E-state index contributed by atoms with van der Waals surface area (Å²) >= 11 is 5.64. The Bertz CT molecular complexity index is 341. The summed E-state index contributed by atoms with van der Waals surface area (Å²) in [4.78, 5) is 10.6. The minimum absolute atomic E-state index is 0.504. The third-order valence-corrected chi connectivity index (χ3v) is 2.82. The van der Waals surface area contributed by atoms with E-state index in [2.05, 4.69) is 9.97 Å². The van der Waals surface area contributed by atoms with E-state index in [9.17, 15) is 0 Å². The SMILES string of the molecule is COc1cc(OC)nc(N(C)CCCCCCl)n1. The van der Waals surface area contributed by atoms with Crippen LogP contribution >= 0.6 is 11.6 Å². The van der Waals surface area contributed by atoms with Crippen LogP contribution in [0.4, 0.5) is 5.95 Å². The lowest BCUT2D eigenvalue weighted by molar-refractivity contribution is 0.371. The standard InChI is InChI=1S/C12H20ClN3O2/c1-16(8-6-4-5-7-13)12-14-10(17-2)9-11(15-12)18-3/h9H,4-8H2,1-3H3. The maximum absolute atomic E-state index is 5.64. The Morgan fingerprint density at radius 3 is 2.22 bits per heavy atom. The van der Waals surface area contributed by atoms with Crippen molar-refractivity contribution in [2.24, 2.45) is 0 Å². The molecule has 0 aliphatic heterocycles. The molecule has 0 radical (unpaired) electrons. The van der Waals surface area contributed by atoms with Crippen molar-refractivity contribution in [1.82, 2.24) is 9.97 Å².